The molecule has 116 valence electrons. The van der Waals surface area contributed by atoms with E-state index in [0.29, 0.717) is 36.2 Å². The number of Topliss-reactive ketones (excluding diaryl/α,β-unsaturated/α-hetero) is 2. The van der Waals surface area contributed by atoms with E-state index < -0.39 is 0 Å². The summed E-state index contributed by atoms with van der Waals surface area (Å²) in [6, 6.07) is 0. The molecule has 0 radical (unpaired) electrons. The number of unbranched alkanes of at least 4 members (excludes halogenated alkanes) is 4. The highest BCUT2D eigenvalue weighted by atomic mass is 16.1. The molecule has 0 aliphatic heterocycles. The van der Waals surface area contributed by atoms with Crippen LogP contribution in [0, 0.1) is 17.8 Å². The average Bonchev–Trinajstić information content (AvgIpc) is 2.38. The molecule has 2 heteroatoms. The van der Waals surface area contributed by atoms with Crippen LogP contribution in [0.4, 0.5) is 0 Å². The molecule has 0 amide bonds. The van der Waals surface area contributed by atoms with Gasteiger partial charge in [-0.25, -0.2) is 0 Å². The second-order valence-corrected chi connectivity index (χ2v) is 6.60. The van der Waals surface area contributed by atoms with Crippen molar-refractivity contribution < 1.29 is 9.59 Å². The zero-order chi connectivity index (χ0) is 15.0. The summed E-state index contributed by atoms with van der Waals surface area (Å²) in [5.74, 6) is 1.52. The number of hydrogen-bond donors (Lipinski definition) is 0. The third kappa shape index (κ3) is 5.38. The first-order valence-corrected chi connectivity index (χ1v) is 8.62. The molecule has 1 rings (SSSR count). The highest BCUT2D eigenvalue weighted by molar-refractivity contribution is 5.85. The maximum Gasteiger partial charge on any atom is 0.133 e. The number of carbonyl (C=O) groups excluding carboxylic acids is 2. The Labute approximate surface area is 124 Å². The first kappa shape index (κ1) is 17.4. The Morgan fingerprint density at radius 1 is 0.950 bits per heavy atom. The Morgan fingerprint density at radius 2 is 1.40 bits per heavy atom. The van der Waals surface area contributed by atoms with Crippen LogP contribution in [0.2, 0.25) is 0 Å². The number of hydrogen-bond acceptors (Lipinski definition) is 2. The summed E-state index contributed by atoms with van der Waals surface area (Å²) in [7, 11) is 0. The lowest BCUT2D eigenvalue weighted by Crippen LogP contribution is -2.37. The van der Waals surface area contributed by atoms with Gasteiger partial charge in [0.1, 0.15) is 11.6 Å². The first-order chi connectivity index (χ1) is 9.60. The quantitative estimate of drug-likeness (QED) is 0.560. The van der Waals surface area contributed by atoms with Crippen LogP contribution in [0.5, 0.6) is 0 Å². The molecule has 2 nitrogen and oxygen atoms in total. The largest absolute Gasteiger partial charge is 0.300 e. The van der Waals surface area contributed by atoms with Crippen LogP contribution in [0.3, 0.4) is 0 Å². The lowest BCUT2D eigenvalue weighted by Gasteiger charge is -2.36. The minimum absolute atomic E-state index is 0.154. The van der Waals surface area contributed by atoms with Crippen LogP contribution in [0.1, 0.15) is 85.0 Å². The van der Waals surface area contributed by atoms with E-state index in [-0.39, 0.29) is 5.92 Å². The Kier molecular flexibility index (Phi) is 8.09. The second-order valence-electron chi connectivity index (χ2n) is 6.60. The molecule has 0 bridgehead atoms. The highest BCUT2D eigenvalue weighted by Gasteiger charge is 2.38. The van der Waals surface area contributed by atoms with Crippen molar-refractivity contribution in [2.45, 2.75) is 85.0 Å². The minimum atomic E-state index is 0.154. The highest BCUT2D eigenvalue weighted by Crippen LogP contribution is 2.39. The summed E-state index contributed by atoms with van der Waals surface area (Å²) in [6.45, 7) is 6.13. The van der Waals surface area contributed by atoms with Crippen molar-refractivity contribution in [1.82, 2.24) is 0 Å². The summed E-state index contributed by atoms with van der Waals surface area (Å²) >= 11 is 0. The number of rotatable bonds is 9. The molecule has 0 heterocycles. The molecule has 0 N–H and O–H groups in total. The standard InChI is InChI=1S/C18H32O2/c1-4-6-8-10-15-12-17(20)13-16(11-9-7-5-2)18(15)14(3)19/h15-16,18H,4-13H2,1-3H3. The normalized spacial score (nSPS) is 26.8. The average molecular weight is 280 g/mol. The molecule has 0 spiro atoms. The molecule has 20 heavy (non-hydrogen) atoms. The monoisotopic (exact) mass is 280 g/mol. The number of ketones is 2. The summed E-state index contributed by atoms with van der Waals surface area (Å²) in [6.07, 6.45) is 10.6. The minimum Gasteiger partial charge on any atom is -0.300 e. The van der Waals surface area contributed by atoms with Crippen LogP contribution >= 0.6 is 0 Å². The van der Waals surface area contributed by atoms with E-state index in [9.17, 15) is 9.59 Å². The van der Waals surface area contributed by atoms with E-state index in [1.807, 2.05) is 0 Å². The van der Waals surface area contributed by atoms with E-state index in [1.54, 1.807) is 6.92 Å². The van der Waals surface area contributed by atoms with Gasteiger partial charge < -0.3 is 0 Å². The van der Waals surface area contributed by atoms with Crippen LogP contribution in [-0.2, 0) is 9.59 Å². The van der Waals surface area contributed by atoms with E-state index in [0.717, 1.165) is 12.8 Å². The molecule has 2 atom stereocenters. The lowest BCUT2D eigenvalue weighted by atomic mass is 9.66. The molecule has 2 unspecified atom stereocenters. The molecule has 1 aliphatic rings. The van der Waals surface area contributed by atoms with Crippen molar-refractivity contribution >= 4 is 11.6 Å². The van der Waals surface area contributed by atoms with Crippen molar-refractivity contribution in [3.63, 3.8) is 0 Å². The maximum absolute atomic E-state index is 12.1. The molecule has 1 fully saturated rings. The zero-order valence-electron chi connectivity index (χ0n) is 13.6. The van der Waals surface area contributed by atoms with Crippen LogP contribution in [0.25, 0.3) is 0 Å². The molecular formula is C18H32O2. The Bertz CT molecular complexity index is 287. The van der Waals surface area contributed by atoms with Crippen molar-refractivity contribution in [2.24, 2.45) is 17.8 Å². The van der Waals surface area contributed by atoms with Gasteiger partial charge in [-0.05, 0) is 31.6 Å². The van der Waals surface area contributed by atoms with Crippen molar-refractivity contribution in [2.75, 3.05) is 0 Å². The number of carbonyl (C=O) groups is 2. The molecule has 1 aliphatic carbocycles. The Balaban J connectivity index is 2.65. The fourth-order valence-electron chi connectivity index (χ4n) is 3.85. The van der Waals surface area contributed by atoms with Crippen LogP contribution in [0.15, 0.2) is 0 Å². The summed E-state index contributed by atoms with van der Waals surface area (Å²) < 4.78 is 0. The fraction of sp³-hybridized carbons (Fsp3) is 0.889. The van der Waals surface area contributed by atoms with Gasteiger partial charge >= 0.3 is 0 Å². The van der Waals surface area contributed by atoms with Gasteiger partial charge in [-0.3, -0.25) is 9.59 Å². The Morgan fingerprint density at radius 3 is 1.75 bits per heavy atom. The Hall–Kier alpha value is -0.660. The van der Waals surface area contributed by atoms with Gasteiger partial charge in [-0.1, -0.05) is 52.4 Å². The van der Waals surface area contributed by atoms with E-state index in [1.165, 1.54) is 38.5 Å². The lowest BCUT2D eigenvalue weighted by molar-refractivity contribution is -0.132. The SMILES string of the molecule is CCCCCC1CC(=O)CC(CCCCC)C1C(C)=O. The molecule has 1 saturated carbocycles. The summed E-state index contributed by atoms with van der Waals surface area (Å²) in [5, 5.41) is 0. The van der Waals surface area contributed by atoms with Crippen LogP contribution < -0.4 is 0 Å². The molecular weight excluding hydrogens is 248 g/mol. The van der Waals surface area contributed by atoms with E-state index >= 15 is 0 Å². The molecule has 0 aromatic carbocycles. The molecule has 0 aromatic rings. The zero-order valence-corrected chi connectivity index (χ0v) is 13.6. The van der Waals surface area contributed by atoms with Crippen LogP contribution in [-0.4, -0.2) is 11.6 Å². The first-order valence-electron chi connectivity index (χ1n) is 8.62. The van der Waals surface area contributed by atoms with Gasteiger partial charge in [0.05, 0.1) is 0 Å². The topological polar surface area (TPSA) is 34.1 Å². The molecule has 0 saturated heterocycles. The summed E-state index contributed by atoms with van der Waals surface area (Å²) in [4.78, 5) is 24.1. The summed E-state index contributed by atoms with van der Waals surface area (Å²) in [5.41, 5.74) is 0. The van der Waals surface area contributed by atoms with Crippen molar-refractivity contribution in [3.8, 4) is 0 Å². The van der Waals surface area contributed by atoms with Gasteiger partial charge in [-0.15, -0.1) is 0 Å². The van der Waals surface area contributed by atoms with Gasteiger partial charge in [0.25, 0.3) is 0 Å². The van der Waals surface area contributed by atoms with Gasteiger partial charge in [0.15, 0.2) is 0 Å². The maximum atomic E-state index is 12.1. The van der Waals surface area contributed by atoms with Gasteiger partial charge in [0.2, 0.25) is 0 Å². The third-order valence-electron chi connectivity index (χ3n) is 4.82. The van der Waals surface area contributed by atoms with Gasteiger partial charge in [-0.2, -0.15) is 0 Å². The van der Waals surface area contributed by atoms with E-state index in [4.69, 9.17) is 0 Å². The van der Waals surface area contributed by atoms with Gasteiger partial charge in [0, 0.05) is 18.8 Å². The predicted octanol–water partition coefficient (Wildman–Crippen LogP) is 4.95. The predicted molar refractivity (Wildman–Crippen MR) is 83.7 cm³/mol. The third-order valence-corrected chi connectivity index (χ3v) is 4.82. The second kappa shape index (κ2) is 9.31. The smallest absolute Gasteiger partial charge is 0.133 e. The molecule has 0 aromatic heterocycles. The van der Waals surface area contributed by atoms with Crippen molar-refractivity contribution in [1.29, 1.82) is 0 Å². The van der Waals surface area contributed by atoms with E-state index in [2.05, 4.69) is 13.8 Å². The van der Waals surface area contributed by atoms with Crippen molar-refractivity contribution in [3.05, 3.63) is 0 Å². The fourth-order valence-corrected chi connectivity index (χ4v) is 3.85.